The highest BCUT2D eigenvalue weighted by Crippen LogP contribution is 2.45. The molecule has 132 valence electrons. The minimum atomic E-state index is -0.381. The molecule has 2 fully saturated rings. The highest BCUT2D eigenvalue weighted by molar-refractivity contribution is 6.31. The van der Waals surface area contributed by atoms with Crippen molar-refractivity contribution in [3.8, 4) is 0 Å². The third-order valence-corrected chi connectivity index (χ3v) is 5.49. The number of nitrogens with one attached hydrogen (secondary N) is 1. The van der Waals surface area contributed by atoms with E-state index < -0.39 is 0 Å². The van der Waals surface area contributed by atoms with Gasteiger partial charge in [-0.25, -0.2) is 4.39 Å². The van der Waals surface area contributed by atoms with E-state index in [9.17, 15) is 9.18 Å². The number of halogens is 2. The van der Waals surface area contributed by atoms with Crippen LogP contribution in [0.2, 0.25) is 5.02 Å². The number of carbonyl (C=O) groups excluding carboxylic acids is 1. The molecule has 0 atom stereocenters. The number of carbonyl (C=O) groups is 1. The van der Waals surface area contributed by atoms with Gasteiger partial charge < -0.3 is 15.1 Å². The molecule has 1 heterocycles. The Morgan fingerprint density at radius 3 is 2.62 bits per heavy atom. The van der Waals surface area contributed by atoms with Crippen molar-refractivity contribution in [3.05, 3.63) is 34.6 Å². The van der Waals surface area contributed by atoms with Gasteiger partial charge in [0.05, 0.1) is 6.42 Å². The lowest BCUT2D eigenvalue weighted by Crippen LogP contribution is -2.48. The fourth-order valence-electron chi connectivity index (χ4n) is 3.23. The second kappa shape index (κ2) is 7.38. The molecule has 0 unspecified atom stereocenters. The van der Waals surface area contributed by atoms with Gasteiger partial charge in [0.2, 0.25) is 5.91 Å². The van der Waals surface area contributed by atoms with E-state index in [1.807, 2.05) is 0 Å². The SMILES string of the molecule is CN1CCN(CC2(CNC(=O)Cc3ccc(F)cc3Cl)CC2)CC1. The molecule has 3 rings (SSSR count). The summed E-state index contributed by atoms with van der Waals surface area (Å²) in [5, 5.41) is 3.35. The van der Waals surface area contributed by atoms with E-state index in [0.29, 0.717) is 10.6 Å². The molecule has 1 aromatic rings. The first kappa shape index (κ1) is 17.6. The highest BCUT2D eigenvalue weighted by atomic mass is 35.5. The highest BCUT2D eigenvalue weighted by Gasteiger charge is 2.44. The quantitative estimate of drug-likeness (QED) is 0.851. The average molecular weight is 354 g/mol. The molecule has 1 saturated heterocycles. The van der Waals surface area contributed by atoms with E-state index in [2.05, 4.69) is 22.2 Å². The molecule has 1 aliphatic heterocycles. The molecular formula is C18H25ClFN3O. The number of nitrogens with zero attached hydrogens (tertiary/aromatic N) is 2. The molecule has 1 aromatic carbocycles. The monoisotopic (exact) mass is 353 g/mol. The molecule has 24 heavy (non-hydrogen) atoms. The summed E-state index contributed by atoms with van der Waals surface area (Å²) in [5.74, 6) is -0.429. The first-order valence-corrected chi connectivity index (χ1v) is 8.95. The summed E-state index contributed by atoms with van der Waals surface area (Å²) in [7, 11) is 2.16. The molecule has 1 aliphatic carbocycles. The van der Waals surface area contributed by atoms with Gasteiger partial charge in [0.15, 0.2) is 0 Å². The molecule has 1 amide bonds. The van der Waals surface area contributed by atoms with Crippen molar-refractivity contribution in [2.75, 3.05) is 46.3 Å². The third-order valence-electron chi connectivity index (χ3n) is 5.14. The molecule has 1 saturated carbocycles. The molecule has 4 nitrogen and oxygen atoms in total. The van der Waals surface area contributed by atoms with E-state index in [-0.39, 0.29) is 23.6 Å². The maximum atomic E-state index is 13.1. The van der Waals surface area contributed by atoms with Gasteiger partial charge in [0.1, 0.15) is 5.82 Å². The van der Waals surface area contributed by atoms with Gasteiger partial charge in [-0.15, -0.1) is 0 Å². The van der Waals surface area contributed by atoms with Crippen LogP contribution in [0.5, 0.6) is 0 Å². The molecule has 6 heteroatoms. The topological polar surface area (TPSA) is 35.6 Å². The van der Waals surface area contributed by atoms with Crippen LogP contribution in [0.4, 0.5) is 4.39 Å². The Balaban J connectivity index is 1.45. The van der Waals surface area contributed by atoms with Gasteiger partial charge in [-0.05, 0) is 37.6 Å². The van der Waals surface area contributed by atoms with Gasteiger partial charge in [0.25, 0.3) is 0 Å². The Kier molecular flexibility index (Phi) is 5.42. The predicted octanol–water partition coefficient (Wildman–Crippen LogP) is 2.17. The van der Waals surface area contributed by atoms with Gasteiger partial charge in [-0.3, -0.25) is 4.79 Å². The summed E-state index contributed by atoms with van der Waals surface area (Å²) in [6.07, 6.45) is 2.55. The van der Waals surface area contributed by atoms with Gasteiger partial charge in [0, 0.05) is 49.7 Å². The lowest BCUT2D eigenvalue weighted by molar-refractivity contribution is -0.120. The maximum Gasteiger partial charge on any atom is 0.224 e. The lowest BCUT2D eigenvalue weighted by atomic mass is 10.1. The predicted molar refractivity (Wildman–Crippen MR) is 93.7 cm³/mol. The number of hydrogen-bond acceptors (Lipinski definition) is 3. The average Bonchev–Trinajstić information content (AvgIpc) is 3.31. The molecule has 1 N–H and O–H groups in total. The molecule has 2 aliphatic rings. The smallest absolute Gasteiger partial charge is 0.224 e. The Hall–Kier alpha value is -1.17. The lowest BCUT2D eigenvalue weighted by Gasteiger charge is -2.34. The van der Waals surface area contributed by atoms with Crippen LogP contribution in [-0.4, -0.2) is 62.0 Å². The van der Waals surface area contributed by atoms with E-state index in [4.69, 9.17) is 11.6 Å². The van der Waals surface area contributed by atoms with Crippen molar-refractivity contribution in [2.24, 2.45) is 5.41 Å². The van der Waals surface area contributed by atoms with Crippen LogP contribution >= 0.6 is 11.6 Å². The molecular weight excluding hydrogens is 329 g/mol. The standard InChI is InChI=1S/C18H25ClFN3O/c1-22-6-8-23(9-7-22)13-18(4-5-18)12-21-17(24)10-14-2-3-15(20)11-16(14)19/h2-3,11H,4-10,12-13H2,1H3,(H,21,24). The number of rotatable bonds is 6. The zero-order chi connectivity index (χ0) is 17.2. The molecule has 0 spiro atoms. The summed E-state index contributed by atoms with van der Waals surface area (Å²) in [4.78, 5) is 17.0. The van der Waals surface area contributed by atoms with E-state index in [1.54, 1.807) is 6.07 Å². The van der Waals surface area contributed by atoms with Crippen LogP contribution in [0.3, 0.4) is 0 Å². The Morgan fingerprint density at radius 1 is 1.29 bits per heavy atom. The fourth-order valence-corrected chi connectivity index (χ4v) is 3.47. The van der Waals surface area contributed by atoms with Crippen molar-refractivity contribution in [2.45, 2.75) is 19.3 Å². The van der Waals surface area contributed by atoms with Gasteiger partial charge >= 0.3 is 0 Å². The van der Waals surface area contributed by atoms with E-state index in [1.165, 1.54) is 25.0 Å². The van der Waals surface area contributed by atoms with Crippen molar-refractivity contribution in [1.82, 2.24) is 15.1 Å². The molecule has 0 radical (unpaired) electrons. The number of piperazine rings is 1. The summed E-state index contributed by atoms with van der Waals surface area (Å²) in [6, 6.07) is 4.17. The van der Waals surface area contributed by atoms with E-state index >= 15 is 0 Å². The van der Waals surface area contributed by atoms with Crippen molar-refractivity contribution >= 4 is 17.5 Å². The van der Waals surface area contributed by atoms with Crippen LogP contribution < -0.4 is 5.32 Å². The number of benzene rings is 1. The first-order chi connectivity index (χ1) is 11.5. The minimum Gasteiger partial charge on any atom is -0.355 e. The van der Waals surface area contributed by atoms with Gasteiger partial charge in [-0.2, -0.15) is 0 Å². The Bertz CT molecular complexity index is 598. The van der Waals surface area contributed by atoms with E-state index in [0.717, 1.165) is 39.3 Å². The van der Waals surface area contributed by atoms with Gasteiger partial charge in [-0.1, -0.05) is 17.7 Å². The summed E-state index contributed by atoms with van der Waals surface area (Å²) in [6.45, 7) is 6.24. The van der Waals surface area contributed by atoms with Crippen LogP contribution in [0.1, 0.15) is 18.4 Å². The maximum absolute atomic E-state index is 13.1. The first-order valence-electron chi connectivity index (χ1n) is 8.57. The van der Waals surface area contributed by atoms with Crippen molar-refractivity contribution in [1.29, 1.82) is 0 Å². The largest absolute Gasteiger partial charge is 0.355 e. The zero-order valence-corrected chi connectivity index (χ0v) is 14.9. The fraction of sp³-hybridized carbons (Fsp3) is 0.611. The van der Waals surface area contributed by atoms with Crippen LogP contribution in [0.25, 0.3) is 0 Å². The van der Waals surface area contributed by atoms with Crippen molar-refractivity contribution in [3.63, 3.8) is 0 Å². The molecule has 0 aromatic heterocycles. The second-order valence-electron chi connectivity index (χ2n) is 7.27. The van der Waals surface area contributed by atoms with Crippen LogP contribution in [0, 0.1) is 11.2 Å². The Labute approximate surface area is 147 Å². The normalized spacial score (nSPS) is 20.8. The summed E-state index contributed by atoms with van der Waals surface area (Å²) in [5.41, 5.74) is 0.914. The summed E-state index contributed by atoms with van der Waals surface area (Å²) >= 11 is 5.99. The molecule has 0 bridgehead atoms. The Morgan fingerprint density at radius 2 is 2.00 bits per heavy atom. The zero-order valence-electron chi connectivity index (χ0n) is 14.2. The number of amides is 1. The number of hydrogen-bond donors (Lipinski definition) is 1. The minimum absolute atomic E-state index is 0.0480. The third kappa shape index (κ3) is 4.68. The second-order valence-corrected chi connectivity index (χ2v) is 7.68. The summed E-state index contributed by atoms with van der Waals surface area (Å²) < 4.78 is 13.1. The van der Waals surface area contributed by atoms with Crippen LogP contribution in [0.15, 0.2) is 18.2 Å². The number of likely N-dealkylation sites (N-methyl/N-ethyl adjacent to an activating group) is 1. The van der Waals surface area contributed by atoms with Crippen molar-refractivity contribution < 1.29 is 9.18 Å². The van der Waals surface area contributed by atoms with Crippen LogP contribution in [-0.2, 0) is 11.2 Å².